The lowest BCUT2D eigenvalue weighted by atomic mass is 10.1. The Labute approximate surface area is 146 Å². The first-order valence-electron chi connectivity index (χ1n) is 7.98. The van der Waals surface area contributed by atoms with E-state index >= 15 is 0 Å². The van der Waals surface area contributed by atoms with Crippen molar-refractivity contribution in [2.45, 2.75) is 32.6 Å². The smallest absolute Gasteiger partial charge is 0.239 e. The normalized spacial score (nSPS) is 17.0. The fraction of sp³-hybridized carbons (Fsp3) is 0.500. The van der Waals surface area contributed by atoms with E-state index in [1.807, 2.05) is 29.5 Å². The summed E-state index contributed by atoms with van der Waals surface area (Å²) in [5, 5.41) is 11.2. The Bertz CT molecular complexity index is 775. The minimum atomic E-state index is -0.278. The molecule has 9 heteroatoms. The molecule has 0 saturated carbocycles. The Morgan fingerprint density at radius 2 is 2.12 bits per heavy atom. The van der Waals surface area contributed by atoms with Gasteiger partial charge in [0.2, 0.25) is 17.7 Å². The molecule has 3 heterocycles. The highest BCUT2D eigenvalue weighted by Crippen LogP contribution is 2.20. The number of nitrogens with zero attached hydrogens (tertiary/aromatic N) is 5. The number of aryl methyl sites for hydroxylation is 1. The Kier molecular flexibility index (Phi) is 4.84. The predicted molar refractivity (Wildman–Crippen MR) is 89.2 cm³/mol. The minimum Gasteiger partial charge on any atom is -0.481 e. The largest absolute Gasteiger partial charge is 0.481 e. The first-order chi connectivity index (χ1) is 12.0. The number of likely N-dealkylation sites (N-methyl/N-ethyl adjacent to an activating group) is 1. The van der Waals surface area contributed by atoms with Gasteiger partial charge in [0.25, 0.3) is 0 Å². The molecule has 0 aliphatic carbocycles. The zero-order valence-corrected chi connectivity index (χ0v) is 14.8. The summed E-state index contributed by atoms with van der Waals surface area (Å²) in [6, 6.07) is 3.29. The van der Waals surface area contributed by atoms with Crippen LogP contribution in [0.15, 0.2) is 12.1 Å². The van der Waals surface area contributed by atoms with E-state index in [0.717, 1.165) is 17.2 Å². The van der Waals surface area contributed by atoms with Gasteiger partial charge in [-0.1, -0.05) is 0 Å². The van der Waals surface area contributed by atoms with Crippen molar-refractivity contribution in [3.63, 3.8) is 0 Å². The number of nitrogens with one attached hydrogen (secondary N) is 1. The first kappa shape index (κ1) is 17.2. The van der Waals surface area contributed by atoms with Crippen LogP contribution in [0.1, 0.15) is 17.2 Å². The van der Waals surface area contributed by atoms with Crippen LogP contribution in [-0.2, 0) is 24.4 Å². The zero-order chi connectivity index (χ0) is 18.0. The maximum Gasteiger partial charge on any atom is 0.239 e. The van der Waals surface area contributed by atoms with Crippen LogP contribution < -0.4 is 14.8 Å². The third-order valence-corrected chi connectivity index (χ3v) is 4.36. The van der Waals surface area contributed by atoms with E-state index in [1.165, 1.54) is 0 Å². The van der Waals surface area contributed by atoms with E-state index in [9.17, 15) is 4.79 Å². The van der Waals surface area contributed by atoms with Gasteiger partial charge in [-0.2, -0.15) is 4.98 Å². The van der Waals surface area contributed by atoms with E-state index in [1.54, 1.807) is 20.3 Å². The van der Waals surface area contributed by atoms with E-state index < -0.39 is 0 Å². The number of amides is 1. The first-order valence-corrected chi connectivity index (χ1v) is 7.98. The summed E-state index contributed by atoms with van der Waals surface area (Å²) in [5.74, 6) is 2.55. The standard InChI is InChI=1S/C16H22N6O3/c1-10-19-20-13-9-21(2)12(8-22(10)13)15(23)17-7-11-5-6-14(24-3)18-16(11)25-4/h5-6,12H,7-9H2,1-4H3,(H,17,23). The summed E-state index contributed by atoms with van der Waals surface area (Å²) in [6.45, 7) is 3.35. The predicted octanol–water partition coefficient (Wildman–Crippen LogP) is 0.129. The molecule has 0 spiro atoms. The molecule has 0 fully saturated rings. The van der Waals surface area contributed by atoms with Crippen LogP contribution in [0, 0.1) is 6.92 Å². The van der Waals surface area contributed by atoms with Crippen molar-refractivity contribution in [1.82, 2.24) is 30.0 Å². The third-order valence-electron chi connectivity index (χ3n) is 4.36. The summed E-state index contributed by atoms with van der Waals surface area (Å²) >= 11 is 0. The fourth-order valence-electron chi connectivity index (χ4n) is 2.89. The lowest BCUT2D eigenvalue weighted by molar-refractivity contribution is -0.127. The molecule has 3 rings (SSSR count). The second-order valence-electron chi connectivity index (χ2n) is 5.94. The highest BCUT2D eigenvalue weighted by Gasteiger charge is 2.31. The van der Waals surface area contributed by atoms with Crippen molar-refractivity contribution in [1.29, 1.82) is 0 Å². The van der Waals surface area contributed by atoms with Crippen molar-refractivity contribution in [2.24, 2.45) is 0 Å². The van der Waals surface area contributed by atoms with Crippen LogP contribution in [0.25, 0.3) is 0 Å². The zero-order valence-electron chi connectivity index (χ0n) is 14.8. The van der Waals surface area contributed by atoms with Gasteiger partial charge in [-0.25, -0.2) is 0 Å². The monoisotopic (exact) mass is 346 g/mol. The molecule has 0 radical (unpaired) electrons. The van der Waals surface area contributed by atoms with Crippen LogP contribution in [0.2, 0.25) is 0 Å². The average molecular weight is 346 g/mol. The van der Waals surface area contributed by atoms with Gasteiger partial charge in [0.05, 0.1) is 27.3 Å². The van der Waals surface area contributed by atoms with Gasteiger partial charge in [-0.05, 0) is 20.0 Å². The van der Waals surface area contributed by atoms with Gasteiger partial charge in [0.1, 0.15) is 17.7 Å². The maximum atomic E-state index is 12.7. The average Bonchev–Trinajstić information content (AvgIpc) is 2.98. The molecule has 0 saturated heterocycles. The van der Waals surface area contributed by atoms with Crippen molar-refractivity contribution >= 4 is 5.91 Å². The molecule has 1 amide bonds. The molecule has 1 aliphatic heterocycles. The van der Waals surface area contributed by atoms with Crippen molar-refractivity contribution < 1.29 is 14.3 Å². The lowest BCUT2D eigenvalue weighted by Gasteiger charge is -2.32. The lowest BCUT2D eigenvalue weighted by Crippen LogP contribution is -2.50. The number of carbonyl (C=O) groups excluding carboxylic acids is 1. The molecular weight excluding hydrogens is 324 g/mol. The second-order valence-corrected chi connectivity index (χ2v) is 5.94. The highest BCUT2D eigenvalue weighted by molar-refractivity contribution is 5.81. The number of ether oxygens (including phenoxy) is 2. The minimum absolute atomic E-state index is 0.0564. The number of fused-ring (bicyclic) bond motifs is 1. The molecular formula is C16H22N6O3. The molecule has 1 N–H and O–H groups in total. The van der Waals surface area contributed by atoms with Gasteiger partial charge in [-0.3, -0.25) is 9.69 Å². The fourth-order valence-corrected chi connectivity index (χ4v) is 2.89. The van der Waals surface area contributed by atoms with Crippen molar-refractivity contribution in [2.75, 3.05) is 21.3 Å². The summed E-state index contributed by atoms with van der Waals surface area (Å²) in [5.41, 5.74) is 0.788. The van der Waals surface area contributed by atoms with Crippen LogP contribution in [0.3, 0.4) is 0 Å². The van der Waals surface area contributed by atoms with E-state index in [4.69, 9.17) is 9.47 Å². The number of carbonyl (C=O) groups is 1. The summed E-state index contributed by atoms with van der Waals surface area (Å²) < 4.78 is 12.3. The Balaban J connectivity index is 1.68. The van der Waals surface area contributed by atoms with Gasteiger partial charge in [0, 0.05) is 18.2 Å². The Morgan fingerprint density at radius 1 is 1.32 bits per heavy atom. The Morgan fingerprint density at radius 3 is 2.84 bits per heavy atom. The summed E-state index contributed by atoms with van der Waals surface area (Å²) in [7, 11) is 5.00. The molecule has 0 bridgehead atoms. The van der Waals surface area contributed by atoms with Crippen LogP contribution >= 0.6 is 0 Å². The van der Waals surface area contributed by atoms with Crippen LogP contribution in [0.4, 0.5) is 0 Å². The number of pyridine rings is 1. The number of rotatable bonds is 5. The molecule has 1 atom stereocenters. The molecule has 25 heavy (non-hydrogen) atoms. The molecule has 1 aliphatic rings. The summed E-state index contributed by atoms with van der Waals surface area (Å²) in [6.07, 6.45) is 0. The topological polar surface area (TPSA) is 94.4 Å². The van der Waals surface area contributed by atoms with E-state index in [2.05, 4.69) is 20.5 Å². The second kappa shape index (κ2) is 7.06. The number of hydrogen-bond donors (Lipinski definition) is 1. The van der Waals surface area contributed by atoms with Gasteiger partial charge in [0.15, 0.2) is 0 Å². The highest BCUT2D eigenvalue weighted by atomic mass is 16.5. The van der Waals surface area contributed by atoms with Crippen molar-refractivity contribution in [3.05, 3.63) is 29.3 Å². The molecule has 2 aromatic rings. The molecule has 9 nitrogen and oxygen atoms in total. The van der Waals surface area contributed by atoms with Gasteiger partial charge < -0.3 is 19.4 Å². The summed E-state index contributed by atoms with van der Waals surface area (Å²) in [4.78, 5) is 18.9. The van der Waals surface area contributed by atoms with Crippen molar-refractivity contribution in [3.8, 4) is 11.8 Å². The molecule has 2 aromatic heterocycles. The van der Waals surface area contributed by atoms with E-state index in [0.29, 0.717) is 31.4 Å². The number of hydrogen-bond acceptors (Lipinski definition) is 7. The van der Waals surface area contributed by atoms with Gasteiger partial charge in [-0.15, -0.1) is 10.2 Å². The van der Waals surface area contributed by atoms with Crippen LogP contribution in [0.5, 0.6) is 11.8 Å². The van der Waals surface area contributed by atoms with Crippen LogP contribution in [-0.4, -0.2) is 57.9 Å². The Hall–Kier alpha value is -2.68. The quantitative estimate of drug-likeness (QED) is 0.822. The third kappa shape index (κ3) is 3.41. The number of methoxy groups -OCH3 is 2. The van der Waals surface area contributed by atoms with Gasteiger partial charge >= 0.3 is 0 Å². The van der Waals surface area contributed by atoms with E-state index in [-0.39, 0.29) is 11.9 Å². The number of aromatic nitrogens is 4. The SMILES string of the molecule is COc1ccc(CNC(=O)C2Cn3c(C)nnc3CN2C)c(OC)n1. The molecule has 134 valence electrons. The molecule has 0 aromatic carbocycles. The maximum absolute atomic E-state index is 12.7. The molecule has 1 unspecified atom stereocenters.